The van der Waals surface area contributed by atoms with Gasteiger partial charge in [0.05, 0.1) is 0 Å². The number of aromatic nitrogens is 1. The first-order chi connectivity index (χ1) is 12.0. The van der Waals surface area contributed by atoms with E-state index < -0.39 is 0 Å². The van der Waals surface area contributed by atoms with Crippen molar-refractivity contribution in [1.29, 1.82) is 0 Å². The van der Waals surface area contributed by atoms with Crippen LogP contribution in [-0.4, -0.2) is 23.5 Å². The van der Waals surface area contributed by atoms with Gasteiger partial charge in [0.2, 0.25) is 0 Å². The lowest BCUT2D eigenvalue weighted by atomic mass is 9.78. The number of hydrogen-bond acceptors (Lipinski definition) is 4. The Kier molecular flexibility index (Phi) is 5.74. The first kappa shape index (κ1) is 17.9. The van der Waals surface area contributed by atoms with Crippen molar-refractivity contribution in [3.8, 4) is 16.3 Å². The third-order valence-corrected chi connectivity index (χ3v) is 6.15. The molecule has 1 heterocycles. The van der Waals surface area contributed by atoms with E-state index in [1.54, 1.807) is 11.3 Å². The smallest absolute Gasteiger partial charge is 0.258 e. The predicted octanol–water partition coefficient (Wildman–Crippen LogP) is 4.44. The maximum Gasteiger partial charge on any atom is 0.258 e. The molecule has 134 valence electrons. The summed E-state index contributed by atoms with van der Waals surface area (Å²) in [4.78, 5) is 16.7. The molecule has 1 aromatic carbocycles. The van der Waals surface area contributed by atoms with Crippen LogP contribution in [0.4, 0.5) is 0 Å². The molecule has 0 aliphatic heterocycles. The number of carbonyl (C=O) groups excluding carboxylic acids is 1. The zero-order valence-electron chi connectivity index (χ0n) is 15.1. The minimum absolute atomic E-state index is 0.0365. The minimum atomic E-state index is -0.0365. The first-order valence-corrected chi connectivity index (χ1v) is 9.85. The van der Waals surface area contributed by atoms with Crippen LogP contribution in [0.5, 0.6) is 5.75 Å². The Labute approximate surface area is 153 Å². The number of amides is 1. The van der Waals surface area contributed by atoms with Gasteiger partial charge in [-0.1, -0.05) is 26.7 Å². The maximum absolute atomic E-state index is 12.2. The molecule has 1 aromatic heterocycles. The molecule has 3 rings (SSSR count). The Bertz CT molecular complexity index is 711. The fraction of sp³-hybridized carbons (Fsp3) is 0.500. The summed E-state index contributed by atoms with van der Waals surface area (Å²) >= 11 is 1.63. The Balaban J connectivity index is 1.50. The van der Waals surface area contributed by atoms with Gasteiger partial charge in [0, 0.05) is 22.7 Å². The van der Waals surface area contributed by atoms with Crippen LogP contribution in [0.15, 0.2) is 29.6 Å². The fourth-order valence-electron chi connectivity index (χ4n) is 3.36. The molecule has 1 aliphatic rings. The zero-order valence-corrected chi connectivity index (χ0v) is 15.9. The van der Waals surface area contributed by atoms with Gasteiger partial charge in [-0.05, 0) is 49.4 Å². The van der Waals surface area contributed by atoms with Crippen molar-refractivity contribution < 1.29 is 9.53 Å². The van der Waals surface area contributed by atoms with Gasteiger partial charge in [0.25, 0.3) is 5.91 Å². The van der Waals surface area contributed by atoms with Crippen LogP contribution in [0.2, 0.25) is 0 Å². The number of benzene rings is 1. The summed E-state index contributed by atoms with van der Waals surface area (Å²) in [6.07, 6.45) is 3.52. The summed E-state index contributed by atoms with van der Waals surface area (Å²) in [6.45, 7) is 6.55. The van der Waals surface area contributed by atoms with Crippen molar-refractivity contribution in [2.75, 3.05) is 6.61 Å². The van der Waals surface area contributed by atoms with Crippen LogP contribution in [0.3, 0.4) is 0 Å². The number of thiazole rings is 1. The predicted molar refractivity (Wildman–Crippen MR) is 102 cm³/mol. The summed E-state index contributed by atoms with van der Waals surface area (Å²) in [5.74, 6) is 1.86. The molecular weight excluding hydrogens is 332 g/mol. The largest absolute Gasteiger partial charge is 0.484 e. The van der Waals surface area contributed by atoms with E-state index in [0.29, 0.717) is 17.6 Å². The van der Waals surface area contributed by atoms with Gasteiger partial charge in [0.1, 0.15) is 10.8 Å². The van der Waals surface area contributed by atoms with Gasteiger partial charge in [-0.25, -0.2) is 4.98 Å². The number of hydrogen-bond donors (Lipinski definition) is 1. The molecule has 1 N–H and O–H groups in total. The Morgan fingerprint density at radius 2 is 2.04 bits per heavy atom. The molecule has 5 heteroatoms. The molecule has 1 aliphatic carbocycles. The number of rotatable bonds is 5. The van der Waals surface area contributed by atoms with E-state index >= 15 is 0 Å². The summed E-state index contributed by atoms with van der Waals surface area (Å²) in [5.41, 5.74) is 2.10. The average molecular weight is 359 g/mol. The van der Waals surface area contributed by atoms with E-state index in [-0.39, 0.29) is 18.6 Å². The van der Waals surface area contributed by atoms with Crippen LogP contribution < -0.4 is 10.1 Å². The molecule has 0 radical (unpaired) electrons. The van der Waals surface area contributed by atoms with Crippen LogP contribution in [0, 0.1) is 18.8 Å². The van der Waals surface area contributed by atoms with Crippen molar-refractivity contribution in [2.24, 2.45) is 11.8 Å². The van der Waals surface area contributed by atoms with Gasteiger partial charge in [-0.2, -0.15) is 0 Å². The summed E-state index contributed by atoms with van der Waals surface area (Å²) in [7, 11) is 0. The van der Waals surface area contributed by atoms with Gasteiger partial charge in [-0.15, -0.1) is 11.3 Å². The highest BCUT2D eigenvalue weighted by atomic mass is 32.1. The standard InChI is InChI=1S/C20H26N2O2S/c1-13-5-4-6-18(15(13)3)22-19(23)11-24-17-9-7-16(8-10-17)20-21-14(2)12-25-20/h7-10,12-13,15,18H,4-6,11H2,1-3H3,(H,22,23)/t13-,15-,18+/m0/s1. The van der Waals surface area contributed by atoms with Crippen molar-refractivity contribution in [3.63, 3.8) is 0 Å². The van der Waals surface area contributed by atoms with Crippen LogP contribution in [-0.2, 0) is 4.79 Å². The lowest BCUT2D eigenvalue weighted by molar-refractivity contribution is -0.124. The molecule has 0 saturated heterocycles. The molecule has 0 unspecified atom stereocenters. The van der Waals surface area contributed by atoms with E-state index in [2.05, 4.69) is 24.1 Å². The van der Waals surface area contributed by atoms with E-state index in [1.165, 1.54) is 12.8 Å². The molecule has 4 nitrogen and oxygen atoms in total. The Hall–Kier alpha value is -1.88. The van der Waals surface area contributed by atoms with E-state index in [9.17, 15) is 4.79 Å². The van der Waals surface area contributed by atoms with Crippen molar-refractivity contribution in [1.82, 2.24) is 10.3 Å². The van der Waals surface area contributed by atoms with Crippen LogP contribution >= 0.6 is 11.3 Å². The highest BCUT2D eigenvalue weighted by Crippen LogP contribution is 2.29. The van der Waals surface area contributed by atoms with Crippen molar-refractivity contribution in [2.45, 2.75) is 46.1 Å². The number of ether oxygens (including phenoxy) is 1. The van der Waals surface area contributed by atoms with Gasteiger partial charge in [-0.3, -0.25) is 4.79 Å². The lowest BCUT2D eigenvalue weighted by Gasteiger charge is -2.34. The molecule has 0 spiro atoms. The average Bonchev–Trinajstić information content (AvgIpc) is 3.04. The normalized spacial score (nSPS) is 23.2. The molecule has 25 heavy (non-hydrogen) atoms. The van der Waals surface area contributed by atoms with Crippen LogP contribution in [0.1, 0.15) is 38.8 Å². The monoisotopic (exact) mass is 358 g/mol. The maximum atomic E-state index is 12.2. The number of nitrogens with zero attached hydrogens (tertiary/aromatic N) is 1. The second-order valence-electron chi connectivity index (χ2n) is 7.05. The summed E-state index contributed by atoms with van der Waals surface area (Å²) in [6, 6.07) is 8.03. The van der Waals surface area contributed by atoms with E-state index in [1.807, 2.05) is 36.6 Å². The van der Waals surface area contributed by atoms with Gasteiger partial charge in [0.15, 0.2) is 6.61 Å². The molecule has 0 bridgehead atoms. The molecular formula is C20H26N2O2S. The second-order valence-corrected chi connectivity index (χ2v) is 7.91. The fourth-order valence-corrected chi connectivity index (χ4v) is 4.17. The zero-order chi connectivity index (χ0) is 17.8. The first-order valence-electron chi connectivity index (χ1n) is 8.97. The molecule has 1 saturated carbocycles. The topological polar surface area (TPSA) is 51.2 Å². The quantitative estimate of drug-likeness (QED) is 0.860. The number of aryl methyl sites for hydroxylation is 1. The number of nitrogens with one attached hydrogen (secondary N) is 1. The van der Waals surface area contributed by atoms with Crippen LogP contribution in [0.25, 0.3) is 10.6 Å². The molecule has 2 aromatic rings. The third kappa shape index (κ3) is 4.60. The lowest BCUT2D eigenvalue weighted by Crippen LogP contribution is -2.45. The van der Waals surface area contributed by atoms with E-state index in [0.717, 1.165) is 22.7 Å². The second kappa shape index (κ2) is 8.00. The summed E-state index contributed by atoms with van der Waals surface area (Å²) < 4.78 is 5.64. The molecule has 1 fully saturated rings. The SMILES string of the molecule is Cc1csc(-c2ccc(OCC(=O)N[C@@H]3CCC[C@H](C)[C@@H]3C)cc2)n1. The number of carbonyl (C=O) groups is 1. The third-order valence-electron chi connectivity index (χ3n) is 5.14. The molecule has 3 atom stereocenters. The Morgan fingerprint density at radius 1 is 1.28 bits per heavy atom. The highest BCUT2D eigenvalue weighted by Gasteiger charge is 2.28. The molecule has 1 amide bonds. The van der Waals surface area contributed by atoms with Crippen molar-refractivity contribution >= 4 is 17.2 Å². The summed E-state index contributed by atoms with van der Waals surface area (Å²) in [5, 5.41) is 6.18. The van der Waals surface area contributed by atoms with E-state index in [4.69, 9.17) is 4.74 Å². The van der Waals surface area contributed by atoms with Gasteiger partial charge >= 0.3 is 0 Å². The van der Waals surface area contributed by atoms with Gasteiger partial charge < -0.3 is 10.1 Å². The van der Waals surface area contributed by atoms with Crippen molar-refractivity contribution in [3.05, 3.63) is 35.3 Å². The minimum Gasteiger partial charge on any atom is -0.484 e. The highest BCUT2D eigenvalue weighted by molar-refractivity contribution is 7.13. The Morgan fingerprint density at radius 3 is 2.72 bits per heavy atom.